The highest BCUT2D eigenvalue weighted by molar-refractivity contribution is 5.76. The molecule has 0 unspecified atom stereocenters. The smallest absolute Gasteiger partial charge is 0.222 e. The first-order valence-electron chi connectivity index (χ1n) is 9.41. The minimum Gasteiger partial charge on any atom is -0.472 e. The second-order valence-corrected chi connectivity index (χ2v) is 7.69. The summed E-state index contributed by atoms with van der Waals surface area (Å²) in [6, 6.07) is 2.02. The van der Waals surface area contributed by atoms with Gasteiger partial charge in [-0.25, -0.2) is 0 Å². The van der Waals surface area contributed by atoms with Crippen molar-refractivity contribution in [1.29, 1.82) is 0 Å². The first-order valence-corrected chi connectivity index (χ1v) is 9.41. The quantitative estimate of drug-likeness (QED) is 0.850. The molecule has 3 heterocycles. The largest absolute Gasteiger partial charge is 0.472 e. The Morgan fingerprint density at radius 3 is 2.88 bits per heavy atom. The zero-order valence-corrected chi connectivity index (χ0v) is 14.4. The summed E-state index contributed by atoms with van der Waals surface area (Å²) in [4.78, 5) is 17.1. The van der Waals surface area contributed by atoms with Crippen molar-refractivity contribution in [2.75, 3.05) is 32.8 Å². The molecule has 3 fully saturated rings. The number of amides is 1. The molecule has 4 rings (SSSR count). The van der Waals surface area contributed by atoms with Gasteiger partial charge in [-0.1, -0.05) is 12.8 Å². The van der Waals surface area contributed by atoms with Gasteiger partial charge < -0.3 is 14.1 Å². The molecule has 1 amide bonds. The molecule has 1 aromatic heterocycles. The van der Waals surface area contributed by atoms with Crippen LogP contribution in [0, 0.1) is 11.8 Å². The van der Waals surface area contributed by atoms with Gasteiger partial charge in [0.25, 0.3) is 0 Å². The Balaban J connectivity index is 1.32. The van der Waals surface area contributed by atoms with Crippen molar-refractivity contribution in [3.8, 4) is 0 Å². The lowest BCUT2D eigenvalue weighted by atomic mass is 10.0. The van der Waals surface area contributed by atoms with E-state index < -0.39 is 0 Å². The second kappa shape index (κ2) is 7.28. The van der Waals surface area contributed by atoms with Gasteiger partial charge in [0.15, 0.2) is 0 Å². The zero-order valence-electron chi connectivity index (χ0n) is 14.4. The van der Waals surface area contributed by atoms with E-state index in [1.807, 2.05) is 12.3 Å². The van der Waals surface area contributed by atoms with Gasteiger partial charge in [0, 0.05) is 50.6 Å². The number of carbonyl (C=O) groups is 1. The third-order valence-corrected chi connectivity index (χ3v) is 5.89. The number of rotatable bonds is 4. The van der Waals surface area contributed by atoms with Crippen molar-refractivity contribution in [1.82, 2.24) is 9.80 Å². The number of hydrogen-bond donors (Lipinski definition) is 0. The number of nitrogens with zero attached hydrogens (tertiary/aromatic N) is 2. The predicted molar refractivity (Wildman–Crippen MR) is 90.4 cm³/mol. The Labute approximate surface area is 143 Å². The van der Waals surface area contributed by atoms with Crippen LogP contribution in [0.25, 0.3) is 0 Å². The van der Waals surface area contributed by atoms with Gasteiger partial charge in [0.1, 0.15) is 0 Å². The van der Waals surface area contributed by atoms with Crippen LogP contribution in [-0.2, 0) is 16.1 Å². The Kier molecular flexibility index (Phi) is 4.90. The molecule has 2 aliphatic heterocycles. The lowest BCUT2D eigenvalue weighted by Gasteiger charge is -2.23. The predicted octanol–water partition coefficient (Wildman–Crippen LogP) is 2.52. The number of furan rings is 1. The summed E-state index contributed by atoms with van der Waals surface area (Å²) in [6.45, 7) is 5.26. The lowest BCUT2D eigenvalue weighted by molar-refractivity contribution is -0.131. The van der Waals surface area contributed by atoms with E-state index in [1.165, 1.54) is 31.2 Å². The first kappa shape index (κ1) is 16.2. The summed E-state index contributed by atoms with van der Waals surface area (Å²) in [7, 11) is 0. The highest BCUT2D eigenvalue weighted by Gasteiger charge is 2.38. The van der Waals surface area contributed by atoms with Crippen LogP contribution in [0.15, 0.2) is 23.0 Å². The Morgan fingerprint density at radius 2 is 2.08 bits per heavy atom. The molecule has 3 aliphatic rings. The van der Waals surface area contributed by atoms with Crippen LogP contribution in [0.1, 0.15) is 37.7 Å². The second-order valence-electron chi connectivity index (χ2n) is 7.69. The molecular weight excluding hydrogens is 304 g/mol. The maximum absolute atomic E-state index is 12.6. The molecule has 2 atom stereocenters. The molecular formula is C19H28N2O3. The molecule has 2 saturated heterocycles. The first-order chi connectivity index (χ1) is 11.8. The molecule has 0 spiro atoms. The summed E-state index contributed by atoms with van der Waals surface area (Å²) in [5.74, 6) is 1.41. The van der Waals surface area contributed by atoms with E-state index in [-0.39, 0.29) is 6.10 Å². The van der Waals surface area contributed by atoms with Crippen LogP contribution >= 0.6 is 0 Å². The number of carbonyl (C=O) groups excluding carboxylic acids is 1. The fourth-order valence-corrected chi connectivity index (χ4v) is 4.54. The third-order valence-electron chi connectivity index (χ3n) is 5.89. The fourth-order valence-electron chi connectivity index (χ4n) is 4.54. The highest BCUT2D eigenvalue weighted by atomic mass is 16.5. The molecule has 5 heteroatoms. The van der Waals surface area contributed by atoms with Gasteiger partial charge in [-0.05, 0) is 24.8 Å². The van der Waals surface area contributed by atoms with Gasteiger partial charge in [-0.2, -0.15) is 0 Å². The maximum Gasteiger partial charge on any atom is 0.222 e. The minimum absolute atomic E-state index is 0.215. The standard InChI is InChI=1S/C19H28N2O3/c22-19(9-15-3-1-2-4-15)21-12-17-11-20(6-8-24-18(17)13-21)10-16-5-7-23-14-16/h5,7,14-15,17-18H,1-4,6,8-13H2/t17-,18+/m1/s1. The fraction of sp³-hybridized carbons (Fsp3) is 0.737. The van der Waals surface area contributed by atoms with Gasteiger partial charge in [0.2, 0.25) is 5.91 Å². The summed E-state index contributed by atoms with van der Waals surface area (Å²) in [6.07, 6.45) is 9.58. The highest BCUT2D eigenvalue weighted by Crippen LogP contribution is 2.30. The zero-order chi connectivity index (χ0) is 16.4. The average Bonchev–Trinajstić information content (AvgIpc) is 3.29. The van der Waals surface area contributed by atoms with E-state index in [0.717, 1.165) is 45.8 Å². The molecule has 0 radical (unpaired) electrons. The number of likely N-dealkylation sites (tertiary alicyclic amines) is 1. The Bertz CT molecular complexity index is 539. The van der Waals surface area contributed by atoms with Crippen LogP contribution in [0.3, 0.4) is 0 Å². The molecule has 1 saturated carbocycles. The van der Waals surface area contributed by atoms with Crippen LogP contribution in [0.4, 0.5) is 0 Å². The molecule has 0 N–H and O–H groups in total. The van der Waals surface area contributed by atoms with Crippen molar-refractivity contribution in [3.63, 3.8) is 0 Å². The normalized spacial score (nSPS) is 28.9. The van der Waals surface area contributed by atoms with Crippen LogP contribution in [-0.4, -0.2) is 54.6 Å². The molecule has 1 aliphatic carbocycles. The number of fused-ring (bicyclic) bond motifs is 1. The van der Waals surface area contributed by atoms with Gasteiger partial charge >= 0.3 is 0 Å². The van der Waals surface area contributed by atoms with Crippen molar-refractivity contribution < 1.29 is 13.9 Å². The lowest BCUT2D eigenvalue weighted by Crippen LogP contribution is -2.34. The molecule has 0 bridgehead atoms. The third kappa shape index (κ3) is 3.67. The molecule has 132 valence electrons. The maximum atomic E-state index is 12.6. The van der Waals surface area contributed by atoms with Gasteiger partial charge in [-0.3, -0.25) is 9.69 Å². The van der Waals surface area contributed by atoms with Crippen molar-refractivity contribution in [2.45, 2.75) is 44.8 Å². The summed E-state index contributed by atoms with van der Waals surface area (Å²) >= 11 is 0. The van der Waals surface area contributed by atoms with E-state index in [9.17, 15) is 4.79 Å². The van der Waals surface area contributed by atoms with Crippen LogP contribution in [0.5, 0.6) is 0 Å². The Hall–Kier alpha value is -1.33. The summed E-state index contributed by atoms with van der Waals surface area (Å²) in [5, 5.41) is 0. The summed E-state index contributed by atoms with van der Waals surface area (Å²) < 4.78 is 11.2. The van der Waals surface area contributed by atoms with Crippen molar-refractivity contribution in [3.05, 3.63) is 24.2 Å². The van der Waals surface area contributed by atoms with Crippen LogP contribution in [0.2, 0.25) is 0 Å². The van der Waals surface area contributed by atoms with Gasteiger partial charge in [0.05, 0.1) is 25.2 Å². The van der Waals surface area contributed by atoms with E-state index in [1.54, 1.807) is 6.26 Å². The molecule has 24 heavy (non-hydrogen) atoms. The minimum atomic E-state index is 0.215. The average molecular weight is 332 g/mol. The van der Waals surface area contributed by atoms with E-state index in [4.69, 9.17) is 9.15 Å². The summed E-state index contributed by atoms with van der Waals surface area (Å²) in [5.41, 5.74) is 1.21. The van der Waals surface area contributed by atoms with Crippen molar-refractivity contribution in [2.24, 2.45) is 11.8 Å². The van der Waals surface area contributed by atoms with E-state index in [2.05, 4.69) is 9.80 Å². The van der Waals surface area contributed by atoms with E-state index in [0.29, 0.717) is 17.7 Å². The monoisotopic (exact) mass is 332 g/mol. The van der Waals surface area contributed by atoms with Crippen LogP contribution < -0.4 is 0 Å². The van der Waals surface area contributed by atoms with E-state index >= 15 is 0 Å². The Morgan fingerprint density at radius 1 is 1.21 bits per heavy atom. The van der Waals surface area contributed by atoms with Gasteiger partial charge in [-0.15, -0.1) is 0 Å². The van der Waals surface area contributed by atoms with Crippen molar-refractivity contribution >= 4 is 5.91 Å². The topological polar surface area (TPSA) is 45.9 Å². The molecule has 5 nitrogen and oxygen atoms in total. The molecule has 0 aromatic carbocycles. The SMILES string of the molecule is O=C(CC1CCCC1)N1C[C@H]2CN(Cc3ccoc3)CCO[C@H]2C1. The molecule has 1 aromatic rings. The number of hydrogen-bond acceptors (Lipinski definition) is 4. The number of ether oxygens (including phenoxy) is 1.